The quantitative estimate of drug-likeness (QED) is 0.862. The van der Waals surface area contributed by atoms with Crippen LogP contribution in [0.2, 0.25) is 0 Å². The van der Waals surface area contributed by atoms with Crippen LogP contribution in [0, 0.1) is 0 Å². The van der Waals surface area contributed by atoms with E-state index < -0.39 is 29.5 Å². The number of carbonyl (C=O) groups excluding carboxylic acids is 1. The number of nitrogens with zero attached hydrogens (tertiary/aromatic N) is 4. The van der Waals surface area contributed by atoms with Crippen LogP contribution >= 0.6 is 0 Å². The number of alkyl halides is 3. The molecule has 3 rings (SSSR count). The van der Waals surface area contributed by atoms with Gasteiger partial charge in [-0.1, -0.05) is 6.07 Å². The molecule has 0 bridgehead atoms. The van der Waals surface area contributed by atoms with E-state index in [4.69, 9.17) is 4.74 Å². The molecule has 1 atom stereocenters. The zero-order valence-electron chi connectivity index (χ0n) is 12.4. The number of allylic oxidation sites excluding steroid dienone is 1. The number of nitrogens with one attached hydrogen (secondary N) is 1. The van der Waals surface area contributed by atoms with E-state index in [0.29, 0.717) is 5.56 Å². The van der Waals surface area contributed by atoms with E-state index in [9.17, 15) is 18.0 Å². The monoisotopic (exact) mass is 339 g/mol. The summed E-state index contributed by atoms with van der Waals surface area (Å²) in [7, 11) is 0. The van der Waals surface area contributed by atoms with E-state index in [0.717, 1.165) is 6.33 Å². The van der Waals surface area contributed by atoms with Crippen molar-refractivity contribution in [1.82, 2.24) is 19.7 Å². The van der Waals surface area contributed by atoms with Crippen LogP contribution in [0.4, 0.5) is 19.1 Å². The lowest BCUT2D eigenvalue weighted by molar-refractivity contribution is -0.140. The molecule has 0 unspecified atom stereocenters. The molecule has 126 valence electrons. The van der Waals surface area contributed by atoms with Crippen molar-refractivity contribution in [2.45, 2.75) is 19.1 Å². The van der Waals surface area contributed by atoms with Gasteiger partial charge in [-0.2, -0.15) is 23.3 Å². The van der Waals surface area contributed by atoms with Gasteiger partial charge in [0, 0.05) is 12.4 Å². The van der Waals surface area contributed by atoms with Gasteiger partial charge in [0.1, 0.15) is 18.1 Å². The van der Waals surface area contributed by atoms with Gasteiger partial charge in [0.15, 0.2) is 0 Å². The fraction of sp³-hybridized carbons (Fsp3) is 0.286. The fourth-order valence-electron chi connectivity index (χ4n) is 2.46. The molecule has 0 aliphatic carbocycles. The number of aromatic nitrogens is 4. The second-order valence-electron chi connectivity index (χ2n) is 4.85. The third-order valence-electron chi connectivity index (χ3n) is 3.38. The highest BCUT2D eigenvalue weighted by molar-refractivity contribution is 5.92. The molecule has 1 N–H and O–H groups in total. The van der Waals surface area contributed by atoms with E-state index in [1.54, 1.807) is 12.1 Å². The Kier molecular flexibility index (Phi) is 3.96. The maximum atomic E-state index is 13.5. The number of ether oxygens (including phenoxy) is 1. The minimum Gasteiger partial charge on any atom is -0.463 e. The van der Waals surface area contributed by atoms with E-state index >= 15 is 0 Å². The molecule has 2 aromatic heterocycles. The summed E-state index contributed by atoms with van der Waals surface area (Å²) < 4.78 is 46.5. The number of anilines is 1. The Balaban J connectivity index is 2.24. The van der Waals surface area contributed by atoms with Gasteiger partial charge in [0.05, 0.1) is 12.2 Å². The number of fused-ring (bicyclic) bond motifs is 1. The van der Waals surface area contributed by atoms with Gasteiger partial charge >= 0.3 is 12.1 Å². The topological polar surface area (TPSA) is 81.9 Å². The first-order valence-corrected chi connectivity index (χ1v) is 6.98. The van der Waals surface area contributed by atoms with Crippen LogP contribution in [0.5, 0.6) is 0 Å². The van der Waals surface area contributed by atoms with E-state index in [1.807, 2.05) is 0 Å². The van der Waals surface area contributed by atoms with Gasteiger partial charge in [0.25, 0.3) is 0 Å². The van der Waals surface area contributed by atoms with Crippen LogP contribution in [-0.2, 0) is 9.53 Å². The van der Waals surface area contributed by atoms with Crippen LogP contribution in [-0.4, -0.2) is 38.5 Å². The minimum atomic E-state index is -4.79. The van der Waals surface area contributed by atoms with Crippen molar-refractivity contribution in [3.8, 4) is 0 Å². The highest BCUT2D eigenvalue weighted by Gasteiger charge is 2.46. The summed E-state index contributed by atoms with van der Waals surface area (Å²) in [6, 6.07) is 1.97. The molecule has 0 aromatic carbocycles. The lowest BCUT2D eigenvalue weighted by Gasteiger charge is -2.29. The van der Waals surface area contributed by atoms with Crippen molar-refractivity contribution in [3.05, 3.63) is 47.7 Å². The fourth-order valence-corrected chi connectivity index (χ4v) is 2.46. The van der Waals surface area contributed by atoms with Crippen LogP contribution in [0.25, 0.3) is 0 Å². The second-order valence-corrected chi connectivity index (χ2v) is 4.85. The first-order valence-electron chi connectivity index (χ1n) is 6.98. The van der Waals surface area contributed by atoms with Crippen molar-refractivity contribution < 1.29 is 22.7 Å². The van der Waals surface area contributed by atoms with Crippen molar-refractivity contribution in [1.29, 1.82) is 0 Å². The summed E-state index contributed by atoms with van der Waals surface area (Å²) in [5, 5.41) is 6.06. The van der Waals surface area contributed by atoms with Gasteiger partial charge in [-0.3, -0.25) is 4.98 Å². The molecule has 0 saturated carbocycles. The Labute approximate surface area is 134 Å². The highest BCUT2D eigenvalue weighted by Crippen LogP contribution is 2.40. The Morgan fingerprint density at radius 3 is 2.88 bits per heavy atom. The molecule has 3 heterocycles. The average Bonchev–Trinajstić information content (AvgIpc) is 3.01. The summed E-state index contributed by atoms with van der Waals surface area (Å²) >= 11 is 0. The maximum Gasteiger partial charge on any atom is 0.431 e. The van der Waals surface area contributed by atoms with Crippen molar-refractivity contribution in [3.63, 3.8) is 0 Å². The van der Waals surface area contributed by atoms with Gasteiger partial charge in [0.2, 0.25) is 5.95 Å². The summed E-state index contributed by atoms with van der Waals surface area (Å²) in [6.45, 7) is 1.46. The Morgan fingerprint density at radius 1 is 1.46 bits per heavy atom. The molecule has 1 aliphatic heterocycles. The summed E-state index contributed by atoms with van der Waals surface area (Å²) in [6.07, 6.45) is -0.840. The zero-order valence-corrected chi connectivity index (χ0v) is 12.4. The third-order valence-corrected chi connectivity index (χ3v) is 3.38. The SMILES string of the molecule is CCOC(=O)C1=C(C(F)(F)F)Nc2ncnn2[C@H]1c1cccnc1. The van der Waals surface area contributed by atoms with Crippen molar-refractivity contribution >= 4 is 11.9 Å². The Bertz CT molecular complexity index is 785. The molecule has 2 aromatic rings. The molecule has 24 heavy (non-hydrogen) atoms. The number of hydrogen-bond donors (Lipinski definition) is 1. The third kappa shape index (κ3) is 2.70. The number of carbonyl (C=O) groups is 1. The van der Waals surface area contributed by atoms with E-state index in [2.05, 4.69) is 20.4 Å². The molecule has 7 nitrogen and oxygen atoms in total. The lowest BCUT2D eigenvalue weighted by atomic mass is 9.96. The van der Waals surface area contributed by atoms with Gasteiger partial charge in [-0.15, -0.1) is 0 Å². The number of hydrogen-bond acceptors (Lipinski definition) is 6. The first-order chi connectivity index (χ1) is 11.4. The smallest absolute Gasteiger partial charge is 0.431 e. The molecule has 1 aliphatic rings. The molecule has 0 spiro atoms. The van der Waals surface area contributed by atoms with Crippen molar-refractivity contribution in [2.75, 3.05) is 11.9 Å². The minimum absolute atomic E-state index is 0.0581. The summed E-state index contributed by atoms with van der Waals surface area (Å²) in [5.41, 5.74) is -1.44. The second kappa shape index (κ2) is 5.95. The largest absolute Gasteiger partial charge is 0.463 e. The van der Waals surface area contributed by atoms with Crippen molar-refractivity contribution in [2.24, 2.45) is 0 Å². The number of pyridine rings is 1. The molecule has 0 saturated heterocycles. The first kappa shape index (κ1) is 16.0. The van der Waals surface area contributed by atoms with Crippen LogP contribution in [0.15, 0.2) is 42.1 Å². The Hall–Kier alpha value is -2.91. The maximum absolute atomic E-state index is 13.5. The molecule has 0 radical (unpaired) electrons. The van der Waals surface area contributed by atoms with Crippen LogP contribution in [0.1, 0.15) is 18.5 Å². The lowest BCUT2D eigenvalue weighted by Crippen LogP contribution is -2.35. The van der Waals surface area contributed by atoms with Gasteiger partial charge < -0.3 is 10.1 Å². The molecule has 0 amide bonds. The number of rotatable bonds is 3. The van der Waals surface area contributed by atoms with E-state index in [1.165, 1.54) is 24.0 Å². The highest BCUT2D eigenvalue weighted by atomic mass is 19.4. The zero-order chi connectivity index (χ0) is 17.3. The van der Waals surface area contributed by atoms with Crippen LogP contribution in [0.3, 0.4) is 0 Å². The van der Waals surface area contributed by atoms with E-state index in [-0.39, 0.29) is 12.6 Å². The summed E-state index contributed by atoms with van der Waals surface area (Å²) in [4.78, 5) is 19.9. The average molecular weight is 339 g/mol. The van der Waals surface area contributed by atoms with Crippen LogP contribution < -0.4 is 5.32 Å². The normalized spacial score (nSPS) is 17.2. The molecular formula is C14H12F3N5O2. The summed E-state index contributed by atoms with van der Waals surface area (Å²) in [5.74, 6) is -1.20. The predicted octanol–water partition coefficient (Wildman–Crippen LogP) is 2.07. The molecule has 0 fully saturated rings. The van der Waals surface area contributed by atoms with Gasteiger partial charge in [-0.05, 0) is 18.6 Å². The predicted molar refractivity (Wildman–Crippen MR) is 75.7 cm³/mol. The van der Waals surface area contributed by atoms with Gasteiger partial charge in [-0.25, -0.2) is 9.48 Å². The number of esters is 1. The molecular weight excluding hydrogens is 327 g/mol. The molecule has 10 heteroatoms. The number of halogens is 3. The standard InChI is InChI=1S/C14H12F3N5O2/c1-2-24-12(23)9-10(8-4-3-5-18-6-8)22-13(19-7-20-22)21-11(9)14(15,16)17/h3-7,10H,2H2,1H3,(H,19,20,21)/t10-/m0/s1. The Morgan fingerprint density at radius 2 is 2.25 bits per heavy atom.